The van der Waals surface area contributed by atoms with Gasteiger partial charge >= 0.3 is 0 Å². The van der Waals surface area contributed by atoms with Crippen LogP contribution in [0.4, 0.5) is 5.82 Å². The molecule has 0 fully saturated rings. The fourth-order valence-electron chi connectivity index (χ4n) is 4.02. The highest BCUT2D eigenvalue weighted by Gasteiger charge is 2.17. The summed E-state index contributed by atoms with van der Waals surface area (Å²) in [4.78, 5) is 13.3. The lowest BCUT2D eigenvalue weighted by Gasteiger charge is -2.08. The van der Waals surface area contributed by atoms with Gasteiger partial charge in [-0.05, 0) is 61.5 Å². The van der Waals surface area contributed by atoms with E-state index in [1.165, 1.54) is 0 Å². The number of anilines is 1. The zero-order valence-electron chi connectivity index (χ0n) is 20.9. The van der Waals surface area contributed by atoms with E-state index in [0.717, 1.165) is 28.4 Å². The Morgan fingerprint density at radius 2 is 1.61 bits per heavy atom. The normalized spacial score (nSPS) is 11.1. The highest BCUT2D eigenvalue weighted by atomic mass is 16.5. The van der Waals surface area contributed by atoms with Crippen LogP contribution >= 0.6 is 0 Å². The van der Waals surface area contributed by atoms with Crippen molar-refractivity contribution in [1.82, 2.24) is 19.6 Å². The van der Waals surface area contributed by atoms with Crippen molar-refractivity contribution in [2.45, 2.75) is 6.92 Å². The molecule has 5 aromatic rings. The predicted molar refractivity (Wildman–Crippen MR) is 146 cm³/mol. The molecule has 186 valence electrons. The van der Waals surface area contributed by atoms with Crippen LogP contribution in [-0.4, -0.2) is 32.6 Å². The van der Waals surface area contributed by atoms with E-state index < -0.39 is 5.91 Å². The van der Waals surface area contributed by atoms with Crippen molar-refractivity contribution in [3.05, 3.63) is 114 Å². The fourth-order valence-corrected chi connectivity index (χ4v) is 4.02. The minimum Gasteiger partial charge on any atom is -0.497 e. The Morgan fingerprint density at radius 1 is 0.947 bits per heavy atom. The van der Waals surface area contributed by atoms with Gasteiger partial charge in [0.1, 0.15) is 23.2 Å². The molecular weight excluding hydrogens is 476 g/mol. The molecule has 38 heavy (non-hydrogen) atoms. The van der Waals surface area contributed by atoms with E-state index in [0.29, 0.717) is 17.1 Å². The number of benzene rings is 3. The molecule has 2 heterocycles. The number of rotatable bonds is 7. The Morgan fingerprint density at radius 3 is 2.24 bits per heavy atom. The van der Waals surface area contributed by atoms with Gasteiger partial charge in [0.15, 0.2) is 0 Å². The first kappa shape index (κ1) is 24.3. The molecule has 0 bridgehead atoms. The molecule has 2 aromatic heterocycles. The molecule has 0 unspecified atom stereocenters. The lowest BCUT2D eigenvalue weighted by molar-refractivity contribution is -0.112. The van der Waals surface area contributed by atoms with E-state index in [1.54, 1.807) is 34.8 Å². The maximum Gasteiger partial charge on any atom is 0.267 e. The van der Waals surface area contributed by atoms with Crippen molar-refractivity contribution in [2.24, 2.45) is 0 Å². The molecule has 0 saturated heterocycles. The summed E-state index contributed by atoms with van der Waals surface area (Å²) in [6.07, 6.45) is 3.36. The minimum absolute atomic E-state index is 0.0640. The van der Waals surface area contributed by atoms with Crippen LogP contribution < -0.4 is 10.1 Å². The van der Waals surface area contributed by atoms with E-state index in [-0.39, 0.29) is 5.57 Å². The van der Waals surface area contributed by atoms with Crippen molar-refractivity contribution in [3.8, 4) is 34.5 Å². The van der Waals surface area contributed by atoms with E-state index in [2.05, 4.69) is 10.4 Å². The lowest BCUT2D eigenvalue weighted by Crippen LogP contribution is -2.16. The zero-order valence-corrected chi connectivity index (χ0v) is 20.9. The first-order chi connectivity index (χ1) is 18.6. The van der Waals surface area contributed by atoms with Gasteiger partial charge in [-0.15, -0.1) is 0 Å². The number of para-hydroxylation sites is 2. The second-order valence-corrected chi connectivity index (χ2v) is 8.48. The van der Waals surface area contributed by atoms with E-state index in [1.807, 2.05) is 97.9 Å². The highest BCUT2D eigenvalue weighted by Crippen LogP contribution is 2.28. The van der Waals surface area contributed by atoms with Crippen molar-refractivity contribution in [1.29, 1.82) is 5.26 Å². The summed E-state index contributed by atoms with van der Waals surface area (Å²) < 4.78 is 8.65. The number of aromatic nitrogens is 4. The van der Waals surface area contributed by atoms with Gasteiger partial charge in [0.2, 0.25) is 0 Å². The van der Waals surface area contributed by atoms with Crippen LogP contribution in [0.2, 0.25) is 0 Å². The van der Waals surface area contributed by atoms with Crippen LogP contribution in [0.5, 0.6) is 5.75 Å². The quantitative estimate of drug-likeness (QED) is 0.232. The lowest BCUT2D eigenvalue weighted by atomic mass is 10.1. The van der Waals surface area contributed by atoms with Gasteiger partial charge < -0.3 is 10.1 Å². The van der Waals surface area contributed by atoms with Gasteiger partial charge in [-0.25, -0.2) is 9.36 Å². The third kappa shape index (κ3) is 5.08. The predicted octanol–water partition coefficient (Wildman–Crippen LogP) is 5.59. The van der Waals surface area contributed by atoms with Gasteiger partial charge in [0, 0.05) is 23.4 Å². The second-order valence-electron chi connectivity index (χ2n) is 8.48. The van der Waals surface area contributed by atoms with Crippen molar-refractivity contribution >= 4 is 17.8 Å². The number of hydrogen-bond acceptors (Lipinski definition) is 5. The van der Waals surface area contributed by atoms with Crippen LogP contribution in [0.3, 0.4) is 0 Å². The number of nitrogens with one attached hydrogen (secondary N) is 1. The average Bonchev–Trinajstić information content (AvgIpc) is 3.55. The Labute approximate surface area is 220 Å². The van der Waals surface area contributed by atoms with Gasteiger partial charge in [-0.2, -0.15) is 15.5 Å². The minimum atomic E-state index is -0.544. The summed E-state index contributed by atoms with van der Waals surface area (Å²) in [5.74, 6) is 0.642. The number of nitriles is 1. The summed E-state index contributed by atoms with van der Waals surface area (Å²) in [5.41, 5.74) is 4.39. The average molecular weight is 501 g/mol. The molecule has 0 atom stereocenters. The first-order valence-corrected chi connectivity index (χ1v) is 11.9. The van der Waals surface area contributed by atoms with E-state index in [9.17, 15) is 10.1 Å². The molecular formula is C30H24N6O2. The summed E-state index contributed by atoms with van der Waals surface area (Å²) >= 11 is 0. The number of aryl methyl sites for hydroxylation is 1. The zero-order chi connectivity index (χ0) is 26.5. The number of carbonyl (C=O) groups excluding carboxylic acids is 1. The molecule has 3 aromatic carbocycles. The maximum atomic E-state index is 13.3. The van der Waals surface area contributed by atoms with Crippen LogP contribution in [0, 0.1) is 18.3 Å². The Kier molecular flexibility index (Phi) is 6.83. The molecule has 0 aliphatic heterocycles. The van der Waals surface area contributed by atoms with Gasteiger partial charge in [0.05, 0.1) is 29.9 Å². The Hall–Kier alpha value is -5.42. The third-order valence-electron chi connectivity index (χ3n) is 5.87. The number of carbonyl (C=O) groups is 1. The standard InChI is InChI=1S/C30H24N6O2/c1-21-17-28(36(33-21)26-11-7-4-8-12-26)32-30(37)23(19-31)18-24-20-35(25-9-5-3-6-10-25)34-29(24)22-13-15-27(38-2)16-14-22/h3-18,20H,1-2H3,(H,32,37). The molecule has 0 aliphatic carbocycles. The first-order valence-electron chi connectivity index (χ1n) is 11.9. The Bertz CT molecular complexity index is 1640. The molecule has 0 radical (unpaired) electrons. The molecule has 1 N–H and O–H groups in total. The van der Waals surface area contributed by atoms with Crippen LogP contribution in [0.25, 0.3) is 28.7 Å². The molecule has 8 heteroatoms. The van der Waals surface area contributed by atoms with Gasteiger partial charge in [-0.3, -0.25) is 4.79 Å². The number of ether oxygens (including phenoxy) is 1. The van der Waals surface area contributed by atoms with E-state index in [4.69, 9.17) is 9.84 Å². The van der Waals surface area contributed by atoms with Crippen molar-refractivity contribution in [3.63, 3.8) is 0 Å². The smallest absolute Gasteiger partial charge is 0.267 e. The fraction of sp³-hybridized carbons (Fsp3) is 0.0667. The van der Waals surface area contributed by atoms with Crippen LogP contribution in [0.15, 0.2) is 103 Å². The largest absolute Gasteiger partial charge is 0.497 e. The number of amides is 1. The molecule has 1 amide bonds. The topological polar surface area (TPSA) is 97.8 Å². The molecule has 5 rings (SSSR count). The van der Waals surface area contributed by atoms with Crippen LogP contribution in [-0.2, 0) is 4.79 Å². The SMILES string of the molecule is COc1ccc(-c2nn(-c3ccccc3)cc2C=C(C#N)C(=O)Nc2cc(C)nn2-c2ccccc2)cc1. The maximum absolute atomic E-state index is 13.3. The van der Waals surface area contributed by atoms with Crippen molar-refractivity contribution in [2.75, 3.05) is 12.4 Å². The number of nitrogens with zero attached hydrogens (tertiary/aromatic N) is 5. The van der Waals surface area contributed by atoms with Crippen molar-refractivity contribution < 1.29 is 9.53 Å². The second kappa shape index (κ2) is 10.7. The summed E-state index contributed by atoms with van der Waals surface area (Å²) in [6.45, 7) is 1.84. The number of hydrogen-bond donors (Lipinski definition) is 1. The molecule has 8 nitrogen and oxygen atoms in total. The van der Waals surface area contributed by atoms with Gasteiger partial charge in [0.25, 0.3) is 5.91 Å². The molecule has 0 aliphatic rings. The molecule has 0 spiro atoms. The highest BCUT2D eigenvalue weighted by molar-refractivity contribution is 6.09. The molecule has 0 saturated carbocycles. The summed E-state index contributed by atoms with van der Waals surface area (Å²) in [5, 5.41) is 22.0. The Balaban J connectivity index is 1.52. The van der Waals surface area contributed by atoms with E-state index >= 15 is 0 Å². The van der Waals surface area contributed by atoms with Crippen LogP contribution in [0.1, 0.15) is 11.3 Å². The van der Waals surface area contributed by atoms with Gasteiger partial charge in [-0.1, -0.05) is 36.4 Å². The summed E-state index contributed by atoms with van der Waals surface area (Å²) in [7, 11) is 1.61. The third-order valence-corrected chi connectivity index (χ3v) is 5.87. The number of methoxy groups -OCH3 is 1. The summed E-state index contributed by atoms with van der Waals surface area (Å²) in [6, 6.07) is 30.4. The monoisotopic (exact) mass is 500 g/mol.